The highest BCUT2D eigenvalue weighted by Crippen LogP contribution is 2.23. The molecule has 0 fully saturated rings. The van der Waals surface area contributed by atoms with Crippen molar-refractivity contribution in [3.8, 4) is 5.75 Å². The number of benzene rings is 3. The maximum atomic E-state index is 12.7. The van der Waals surface area contributed by atoms with Crippen molar-refractivity contribution in [2.75, 3.05) is 11.9 Å². The second-order valence-electron chi connectivity index (χ2n) is 7.23. The molecule has 0 aliphatic heterocycles. The van der Waals surface area contributed by atoms with Crippen LogP contribution in [0.1, 0.15) is 29.3 Å². The van der Waals surface area contributed by atoms with Crippen LogP contribution in [0.5, 0.6) is 5.75 Å². The standard InChI is InChI=1S/C24H24BrN3O4S2/c1-2-14-32-22-13-8-18(25)15-21(22)23(29)28-24(33)27-19-9-11-20(12-10-19)34(30,31)26-16-17-6-4-3-5-7-17/h3-13,15,26H,2,14,16H2,1H3,(H2,27,28,29,33). The van der Waals surface area contributed by atoms with Crippen LogP contribution >= 0.6 is 28.1 Å². The predicted molar refractivity (Wildman–Crippen MR) is 141 cm³/mol. The number of thiocarbonyl (C=S) groups is 1. The van der Waals surface area contributed by atoms with Crippen molar-refractivity contribution in [1.29, 1.82) is 0 Å². The Kier molecular flexibility index (Phi) is 9.17. The predicted octanol–water partition coefficient (Wildman–Crippen LogP) is 4.84. The quantitative estimate of drug-likeness (QED) is 0.323. The number of ether oxygens (including phenoxy) is 1. The summed E-state index contributed by atoms with van der Waals surface area (Å²) in [6.07, 6.45) is 0.810. The molecular weight excluding hydrogens is 538 g/mol. The topological polar surface area (TPSA) is 96.5 Å². The zero-order chi connectivity index (χ0) is 24.6. The van der Waals surface area contributed by atoms with Crippen LogP contribution in [0.15, 0.2) is 82.2 Å². The van der Waals surface area contributed by atoms with Crippen LogP contribution in [0.3, 0.4) is 0 Å². The number of sulfonamides is 1. The normalized spacial score (nSPS) is 11.0. The van der Waals surface area contributed by atoms with Gasteiger partial charge in [0.2, 0.25) is 10.0 Å². The Morgan fingerprint density at radius 1 is 1.03 bits per heavy atom. The summed E-state index contributed by atoms with van der Waals surface area (Å²) in [5, 5.41) is 5.58. The van der Waals surface area contributed by atoms with E-state index in [1.165, 1.54) is 12.1 Å². The van der Waals surface area contributed by atoms with Crippen molar-refractivity contribution >= 4 is 54.9 Å². The van der Waals surface area contributed by atoms with Crippen LogP contribution in [-0.4, -0.2) is 26.0 Å². The van der Waals surface area contributed by atoms with E-state index in [1.807, 2.05) is 37.3 Å². The number of halogens is 1. The van der Waals surface area contributed by atoms with E-state index in [2.05, 4.69) is 31.3 Å². The summed E-state index contributed by atoms with van der Waals surface area (Å²) in [6.45, 7) is 2.66. The van der Waals surface area contributed by atoms with Gasteiger partial charge in [0, 0.05) is 16.7 Å². The summed E-state index contributed by atoms with van der Waals surface area (Å²) >= 11 is 8.61. The third-order valence-electron chi connectivity index (χ3n) is 4.61. The Morgan fingerprint density at radius 3 is 2.41 bits per heavy atom. The molecule has 0 aliphatic rings. The van der Waals surface area contributed by atoms with Crippen molar-refractivity contribution in [2.45, 2.75) is 24.8 Å². The van der Waals surface area contributed by atoms with Gasteiger partial charge in [-0.1, -0.05) is 53.2 Å². The van der Waals surface area contributed by atoms with E-state index in [0.717, 1.165) is 16.5 Å². The van der Waals surface area contributed by atoms with E-state index < -0.39 is 15.9 Å². The van der Waals surface area contributed by atoms with Gasteiger partial charge in [-0.15, -0.1) is 0 Å². The van der Waals surface area contributed by atoms with Crippen LogP contribution in [0, 0.1) is 0 Å². The van der Waals surface area contributed by atoms with Gasteiger partial charge >= 0.3 is 0 Å². The summed E-state index contributed by atoms with van der Waals surface area (Å²) in [5.74, 6) is 0.0390. The highest BCUT2D eigenvalue weighted by Gasteiger charge is 2.16. The molecule has 0 spiro atoms. The molecular formula is C24H24BrN3O4S2. The molecule has 34 heavy (non-hydrogen) atoms. The summed E-state index contributed by atoms with van der Waals surface area (Å²) in [5.41, 5.74) is 1.74. The van der Waals surface area contributed by atoms with Crippen molar-refractivity contribution in [1.82, 2.24) is 10.0 Å². The Balaban J connectivity index is 1.60. The third kappa shape index (κ3) is 7.36. The fourth-order valence-electron chi connectivity index (χ4n) is 2.93. The molecule has 0 aliphatic carbocycles. The third-order valence-corrected chi connectivity index (χ3v) is 6.72. The van der Waals surface area contributed by atoms with Gasteiger partial charge in [-0.05, 0) is 66.7 Å². The van der Waals surface area contributed by atoms with Gasteiger partial charge in [-0.25, -0.2) is 13.1 Å². The summed E-state index contributed by atoms with van der Waals surface area (Å²) in [6, 6.07) is 20.5. The number of hydrogen-bond acceptors (Lipinski definition) is 5. The van der Waals surface area contributed by atoms with Crippen molar-refractivity contribution in [2.24, 2.45) is 0 Å². The molecule has 3 rings (SSSR count). The van der Waals surface area contributed by atoms with Gasteiger partial charge in [0.25, 0.3) is 5.91 Å². The lowest BCUT2D eigenvalue weighted by Crippen LogP contribution is -2.34. The molecule has 0 radical (unpaired) electrons. The lowest BCUT2D eigenvalue weighted by atomic mass is 10.2. The van der Waals surface area contributed by atoms with Crippen LogP contribution in [0.4, 0.5) is 5.69 Å². The molecule has 178 valence electrons. The Labute approximate surface area is 213 Å². The minimum absolute atomic E-state index is 0.0734. The molecule has 3 aromatic rings. The number of carbonyl (C=O) groups is 1. The molecule has 1 amide bonds. The van der Waals surface area contributed by atoms with Crippen molar-refractivity contribution in [3.05, 3.63) is 88.4 Å². The second-order valence-corrected chi connectivity index (χ2v) is 10.3. The maximum Gasteiger partial charge on any atom is 0.261 e. The van der Waals surface area contributed by atoms with Crippen LogP contribution < -0.4 is 20.1 Å². The minimum atomic E-state index is -3.67. The molecule has 7 nitrogen and oxygen atoms in total. The van der Waals surface area contributed by atoms with E-state index in [0.29, 0.717) is 23.6 Å². The average molecular weight is 563 g/mol. The maximum absolute atomic E-state index is 12.7. The van der Waals surface area contributed by atoms with E-state index in [1.54, 1.807) is 30.3 Å². The SMILES string of the molecule is CCCOc1ccc(Br)cc1C(=O)NC(=S)Nc1ccc(S(=O)(=O)NCc2ccccc2)cc1. The van der Waals surface area contributed by atoms with Crippen molar-refractivity contribution < 1.29 is 17.9 Å². The zero-order valence-corrected chi connectivity index (χ0v) is 21.6. The first-order chi connectivity index (χ1) is 16.3. The van der Waals surface area contributed by atoms with Gasteiger partial charge in [-0.2, -0.15) is 0 Å². The number of anilines is 1. The van der Waals surface area contributed by atoms with E-state index in [9.17, 15) is 13.2 Å². The number of rotatable bonds is 9. The Morgan fingerprint density at radius 2 is 1.74 bits per heavy atom. The fourth-order valence-corrected chi connectivity index (χ4v) is 4.51. The largest absolute Gasteiger partial charge is 0.493 e. The van der Waals surface area contributed by atoms with E-state index >= 15 is 0 Å². The van der Waals surface area contributed by atoms with Crippen LogP contribution in [-0.2, 0) is 16.6 Å². The second kappa shape index (κ2) is 12.1. The number of hydrogen-bond donors (Lipinski definition) is 3. The van der Waals surface area contributed by atoms with Gasteiger partial charge in [0.15, 0.2) is 5.11 Å². The van der Waals surface area contributed by atoms with E-state index in [4.69, 9.17) is 17.0 Å². The minimum Gasteiger partial charge on any atom is -0.493 e. The molecule has 0 heterocycles. The highest BCUT2D eigenvalue weighted by molar-refractivity contribution is 9.10. The zero-order valence-electron chi connectivity index (χ0n) is 18.4. The Bertz CT molecular complexity index is 1250. The first-order valence-electron chi connectivity index (χ1n) is 10.5. The summed E-state index contributed by atoms with van der Waals surface area (Å²) in [7, 11) is -3.67. The highest BCUT2D eigenvalue weighted by atomic mass is 79.9. The van der Waals surface area contributed by atoms with Gasteiger partial charge < -0.3 is 10.1 Å². The first kappa shape index (κ1) is 25.8. The first-order valence-corrected chi connectivity index (χ1v) is 13.2. The molecule has 0 bridgehead atoms. The summed E-state index contributed by atoms with van der Waals surface area (Å²) < 4.78 is 34.0. The molecule has 0 saturated carbocycles. The molecule has 3 N–H and O–H groups in total. The Hall–Kier alpha value is -2.79. The van der Waals surface area contributed by atoms with Gasteiger partial charge in [0.05, 0.1) is 17.1 Å². The fraction of sp³-hybridized carbons (Fsp3) is 0.167. The number of amides is 1. The van der Waals surface area contributed by atoms with Gasteiger partial charge in [-0.3, -0.25) is 10.1 Å². The molecule has 3 aromatic carbocycles. The molecule has 0 atom stereocenters. The van der Waals surface area contributed by atoms with Crippen LogP contribution in [0.2, 0.25) is 0 Å². The molecule has 0 aromatic heterocycles. The van der Waals surface area contributed by atoms with Crippen molar-refractivity contribution in [3.63, 3.8) is 0 Å². The van der Waals surface area contributed by atoms with E-state index in [-0.39, 0.29) is 16.6 Å². The van der Waals surface area contributed by atoms with Gasteiger partial charge in [0.1, 0.15) is 5.75 Å². The average Bonchev–Trinajstić information content (AvgIpc) is 2.83. The molecule has 0 saturated heterocycles. The summed E-state index contributed by atoms with van der Waals surface area (Å²) in [4.78, 5) is 12.9. The lowest BCUT2D eigenvalue weighted by molar-refractivity contribution is 0.0973. The smallest absolute Gasteiger partial charge is 0.261 e. The number of carbonyl (C=O) groups excluding carboxylic acids is 1. The lowest BCUT2D eigenvalue weighted by Gasteiger charge is -2.13. The molecule has 10 heteroatoms. The monoisotopic (exact) mass is 561 g/mol. The van der Waals surface area contributed by atoms with Crippen LogP contribution in [0.25, 0.3) is 0 Å². The number of nitrogens with one attached hydrogen (secondary N) is 3. The molecule has 0 unspecified atom stereocenters.